The molecule has 1 aromatic carbocycles. The van der Waals surface area contributed by atoms with Crippen LogP contribution in [-0.2, 0) is 4.79 Å². The number of carbonyl (C=O) groups is 2. The van der Waals surface area contributed by atoms with Gasteiger partial charge in [-0.3, -0.25) is 9.59 Å². The van der Waals surface area contributed by atoms with E-state index in [1.807, 2.05) is 5.38 Å². The molecule has 1 saturated heterocycles. The first-order valence-corrected chi connectivity index (χ1v) is 9.69. The maximum atomic E-state index is 13.6. The molecule has 3 rings (SSSR count). The van der Waals surface area contributed by atoms with Gasteiger partial charge in [0, 0.05) is 31.5 Å². The fourth-order valence-electron chi connectivity index (χ4n) is 3.22. The maximum Gasteiger partial charge on any atom is 0.261 e. The minimum Gasteiger partial charge on any atom is -0.351 e. The van der Waals surface area contributed by atoms with Crippen LogP contribution in [0.4, 0.5) is 8.78 Å². The van der Waals surface area contributed by atoms with E-state index < -0.39 is 11.6 Å². The van der Waals surface area contributed by atoms with Gasteiger partial charge < -0.3 is 16.0 Å². The van der Waals surface area contributed by atoms with Gasteiger partial charge in [0.25, 0.3) is 5.91 Å². The lowest BCUT2D eigenvalue weighted by Gasteiger charge is -2.33. The molecule has 9 heteroatoms. The lowest BCUT2D eigenvalue weighted by molar-refractivity contribution is -0.121. The molecule has 2 heterocycles. The molecule has 2 aromatic rings. The summed E-state index contributed by atoms with van der Waals surface area (Å²) in [6.45, 7) is 1.53. The third-order valence-electron chi connectivity index (χ3n) is 4.58. The van der Waals surface area contributed by atoms with E-state index in [4.69, 9.17) is 0 Å². The number of carbonyl (C=O) groups excluding carboxylic acids is 2. The molecule has 28 heavy (non-hydrogen) atoms. The van der Waals surface area contributed by atoms with Crippen LogP contribution in [0.3, 0.4) is 0 Å². The van der Waals surface area contributed by atoms with E-state index in [0.29, 0.717) is 23.4 Å². The topological polar surface area (TPSA) is 70.2 Å². The van der Waals surface area contributed by atoms with E-state index in [1.54, 1.807) is 18.2 Å². The molecule has 1 aromatic heterocycles. The van der Waals surface area contributed by atoms with E-state index in [1.165, 1.54) is 17.4 Å². The first-order valence-electron chi connectivity index (χ1n) is 8.81. The zero-order valence-corrected chi connectivity index (χ0v) is 16.7. The molecule has 0 bridgehead atoms. The molecule has 1 aliphatic rings. The van der Waals surface area contributed by atoms with Crippen molar-refractivity contribution in [2.45, 2.75) is 24.8 Å². The number of amides is 2. The summed E-state index contributed by atoms with van der Waals surface area (Å²) >= 11 is 1.34. The van der Waals surface area contributed by atoms with Gasteiger partial charge in [0.05, 0.1) is 4.88 Å². The summed E-state index contributed by atoms with van der Waals surface area (Å²) in [4.78, 5) is 24.7. The van der Waals surface area contributed by atoms with Crippen molar-refractivity contribution in [3.05, 3.63) is 57.8 Å². The molecule has 0 saturated carbocycles. The predicted octanol–water partition coefficient (Wildman–Crippen LogP) is 2.83. The summed E-state index contributed by atoms with van der Waals surface area (Å²) in [6.07, 6.45) is 0.864. The summed E-state index contributed by atoms with van der Waals surface area (Å²) < 4.78 is 26.8. The number of hydrogen-bond acceptors (Lipinski definition) is 4. The van der Waals surface area contributed by atoms with Crippen molar-refractivity contribution < 1.29 is 18.4 Å². The van der Waals surface area contributed by atoms with Crippen molar-refractivity contribution >= 4 is 35.6 Å². The number of hydrogen-bond donors (Lipinski definition) is 3. The van der Waals surface area contributed by atoms with Crippen LogP contribution in [0.1, 0.15) is 34.0 Å². The lowest BCUT2D eigenvalue weighted by Crippen LogP contribution is -2.50. The van der Waals surface area contributed by atoms with Crippen molar-refractivity contribution in [3.63, 3.8) is 0 Å². The van der Waals surface area contributed by atoms with Crippen molar-refractivity contribution in [3.8, 4) is 0 Å². The van der Waals surface area contributed by atoms with E-state index in [9.17, 15) is 18.4 Å². The second kappa shape index (κ2) is 10.5. The third kappa shape index (κ3) is 5.73. The average molecular weight is 430 g/mol. The molecule has 2 amide bonds. The van der Waals surface area contributed by atoms with Crippen LogP contribution in [0.2, 0.25) is 0 Å². The Morgan fingerprint density at radius 2 is 2.04 bits per heavy atom. The quantitative estimate of drug-likeness (QED) is 0.661. The smallest absolute Gasteiger partial charge is 0.261 e. The van der Waals surface area contributed by atoms with Gasteiger partial charge in [-0.2, -0.15) is 0 Å². The van der Waals surface area contributed by atoms with Crippen molar-refractivity contribution in [1.82, 2.24) is 16.0 Å². The number of rotatable bonds is 6. The Bertz CT molecular complexity index is 804. The largest absolute Gasteiger partial charge is 0.351 e. The van der Waals surface area contributed by atoms with Crippen LogP contribution < -0.4 is 16.0 Å². The van der Waals surface area contributed by atoms with E-state index in [2.05, 4.69) is 16.0 Å². The van der Waals surface area contributed by atoms with Crippen LogP contribution in [0.15, 0.2) is 35.7 Å². The Balaban J connectivity index is 0.00000280. The van der Waals surface area contributed by atoms with E-state index >= 15 is 0 Å². The van der Waals surface area contributed by atoms with Crippen LogP contribution in [-0.4, -0.2) is 37.5 Å². The van der Waals surface area contributed by atoms with Crippen LogP contribution >= 0.6 is 23.7 Å². The summed E-state index contributed by atoms with van der Waals surface area (Å²) in [7, 11) is 0. The van der Waals surface area contributed by atoms with Gasteiger partial charge >= 0.3 is 0 Å². The van der Waals surface area contributed by atoms with Gasteiger partial charge in [-0.05, 0) is 42.1 Å². The van der Waals surface area contributed by atoms with Crippen LogP contribution in [0, 0.1) is 11.6 Å². The molecule has 2 unspecified atom stereocenters. The number of nitrogens with one attached hydrogen (secondary N) is 3. The normalized spacial score (nSPS) is 18.8. The Labute approximate surface area is 172 Å². The highest BCUT2D eigenvalue weighted by atomic mass is 35.5. The molecule has 1 aliphatic heterocycles. The van der Waals surface area contributed by atoms with Crippen molar-refractivity contribution in [1.29, 1.82) is 0 Å². The highest BCUT2D eigenvalue weighted by Crippen LogP contribution is 2.27. The fourth-order valence-corrected chi connectivity index (χ4v) is 3.86. The van der Waals surface area contributed by atoms with Crippen molar-refractivity contribution in [2.24, 2.45) is 0 Å². The minimum absolute atomic E-state index is 0. The van der Waals surface area contributed by atoms with Gasteiger partial charge in [0.2, 0.25) is 5.91 Å². The molecule has 2 atom stereocenters. The summed E-state index contributed by atoms with van der Waals surface area (Å²) in [5.41, 5.74) is 0.673. The van der Waals surface area contributed by atoms with E-state index in [0.717, 1.165) is 12.6 Å². The second-order valence-electron chi connectivity index (χ2n) is 6.43. The van der Waals surface area contributed by atoms with Crippen LogP contribution in [0.5, 0.6) is 0 Å². The molecule has 0 spiro atoms. The summed E-state index contributed by atoms with van der Waals surface area (Å²) in [6, 6.07) is 7.18. The zero-order valence-electron chi connectivity index (χ0n) is 15.0. The fraction of sp³-hybridized carbons (Fsp3) is 0.368. The Kier molecular flexibility index (Phi) is 8.35. The molecular formula is C19H22ClF2N3O2S. The van der Waals surface area contributed by atoms with Gasteiger partial charge in [0.15, 0.2) is 11.6 Å². The first kappa shape index (κ1) is 22.3. The third-order valence-corrected chi connectivity index (χ3v) is 5.45. The lowest BCUT2D eigenvalue weighted by atomic mass is 9.86. The number of benzene rings is 1. The Morgan fingerprint density at radius 3 is 2.75 bits per heavy atom. The van der Waals surface area contributed by atoms with Gasteiger partial charge in [-0.25, -0.2) is 8.78 Å². The zero-order chi connectivity index (χ0) is 19.2. The molecule has 0 radical (unpaired) electrons. The maximum absolute atomic E-state index is 13.6. The predicted molar refractivity (Wildman–Crippen MR) is 107 cm³/mol. The second-order valence-corrected chi connectivity index (χ2v) is 7.38. The van der Waals surface area contributed by atoms with Crippen LogP contribution in [0.25, 0.3) is 0 Å². The highest BCUT2D eigenvalue weighted by molar-refractivity contribution is 7.12. The molecule has 152 valence electrons. The van der Waals surface area contributed by atoms with Crippen molar-refractivity contribution in [2.75, 3.05) is 19.6 Å². The Morgan fingerprint density at radius 1 is 1.21 bits per heavy atom. The highest BCUT2D eigenvalue weighted by Gasteiger charge is 2.28. The molecule has 5 nitrogen and oxygen atoms in total. The Hall–Kier alpha value is -2.03. The summed E-state index contributed by atoms with van der Waals surface area (Å²) in [5.74, 6) is -2.24. The van der Waals surface area contributed by atoms with Gasteiger partial charge in [-0.15, -0.1) is 23.7 Å². The average Bonchev–Trinajstić information content (AvgIpc) is 3.19. The van der Waals surface area contributed by atoms with Gasteiger partial charge in [0.1, 0.15) is 0 Å². The molecule has 0 aliphatic carbocycles. The van der Waals surface area contributed by atoms with Gasteiger partial charge in [-0.1, -0.05) is 12.1 Å². The molecule has 1 fully saturated rings. The molecule has 3 N–H and O–H groups in total. The standard InChI is InChI=1S/C19H21F2N3O2S.ClH/c20-14-4-3-12(10-15(14)21)13-5-7-22-11-16(13)24-18(25)6-8-23-19(26)17-2-1-9-27-17;/h1-4,9-10,13,16,22H,5-8,11H2,(H,23,26)(H,24,25);1H. The minimum atomic E-state index is -0.882. The monoisotopic (exact) mass is 429 g/mol. The molecular weight excluding hydrogens is 408 g/mol. The number of piperidine rings is 1. The number of halogens is 3. The summed E-state index contributed by atoms with van der Waals surface area (Å²) in [5, 5.41) is 10.7. The first-order chi connectivity index (χ1) is 13.0. The number of thiophene rings is 1. The van der Waals surface area contributed by atoms with E-state index in [-0.39, 0.29) is 49.1 Å². The SMILES string of the molecule is Cl.O=C(CCNC(=O)c1cccs1)NC1CNCCC1c1ccc(F)c(F)c1.